The number of ether oxygens (including phenoxy) is 1. The number of pyridine rings is 2. The average Bonchev–Trinajstić information content (AvgIpc) is 3.59. The van der Waals surface area contributed by atoms with Gasteiger partial charge in [0, 0.05) is 48.9 Å². The predicted octanol–water partition coefficient (Wildman–Crippen LogP) is 3.25. The van der Waals surface area contributed by atoms with E-state index in [4.69, 9.17) is 20.4 Å². The first-order chi connectivity index (χ1) is 20.4. The van der Waals surface area contributed by atoms with Gasteiger partial charge in [-0.3, -0.25) is 15.1 Å². The summed E-state index contributed by atoms with van der Waals surface area (Å²) in [5, 5.41) is 8.36. The first-order valence-electron chi connectivity index (χ1n) is 13.5. The molecule has 1 aromatic carbocycles. The maximum absolute atomic E-state index is 14.6. The van der Waals surface area contributed by atoms with Crippen LogP contribution in [0.25, 0.3) is 56.1 Å². The van der Waals surface area contributed by atoms with Gasteiger partial charge in [0.1, 0.15) is 40.9 Å². The maximum atomic E-state index is 14.6. The summed E-state index contributed by atoms with van der Waals surface area (Å²) in [4.78, 5) is 30.4. The van der Waals surface area contributed by atoms with Crippen molar-refractivity contribution in [1.82, 2.24) is 45.0 Å². The number of nitrogens with two attached hydrogens (primary N) is 1. The minimum atomic E-state index is -0.393. The van der Waals surface area contributed by atoms with Crippen molar-refractivity contribution in [2.75, 3.05) is 45.2 Å². The molecule has 0 aliphatic carbocycles. The highest BCUT2D eigenvalue weighted by Gasteiger charge is 2.25. The summed E-state index contributed by atoms with van der Waals surface area (Å²) in [5.41, 5.74) is 11.1. The Labute approximate surface area is 239 Å². The molecule has 42 heavy (non-hydrogen) atoms. The second-order valence-corrected chi connectivity index (χ2v) is 10.6. The summed E-state index contributed by atoms with van der Waals surface area (Å²) in [6.07, 6.45) is 6.80. The smallest absolute Gasteiger partial charge is 0.160 e. The van der Waals surface area contributed by atoms with Crippen LogP contribution >= 0.6 is 0 Å². The molecule has 212 valence electrons. The number of hydrogen-bond donors (Lipinski definition) is 3. The molecule has 13 heteroatoms. The van der Waals surface area contributed by atoms with E-state index in [0.29, 0.717) is 58.5 Å². The predicted molar refractivity (Wildman–Crippen MR) is 157 cm³/mol. The molecular formula is C29H28FN11O. The van der Waals surface area contributed by atoms with Gasteiger partial charge in [-0.05, 0) is 43.9 Å². The Morgan fingerprint density at radius 2 is 1.95 bits per heavy atom. The zero-order chi connectivity index (χ0) is 28.8. The monoisotopic (exact) mass is 565 g/mol. The van der Waals surface area contributed by atoms with Gasteiger partial charge >= 0.3 is 0 Å². The summed E-state index contributed by atoms with van der Waals surface area (Å²) in [6, 6.07) is 8.54. The van der Waals surface area contributed by atoms with Gasteiger partial charge in [-0.1, -0.05) is 0 Å². The molecule has 0 atom stereocenters. The molecule has 0 unspecified atom stereocenters. The Morgan fingerprint density at radius 1 is 1.07 bits per heavy atom. The van der Waals surface area contributed by atoms with Gasteiger partial charge in [0.15, 0.2) is 11.5 Å². The summed E-state index contributed by atoms with van der Waals surface area (Å²) in [5.74, 6) is 1.34. The maximum Gasteiger partial charge on any atom is 0.160 e. The van der Waals surface area contributed by atoms with Crippen molar-refractivity contribution in [1.29, 1.82) is 0 Å². The molecule has 0 bridgehead atoms. The van der Waals surface area contributed by atoms with Crippen LogP contribution in [-0.2, 0) is 0 Å². The molecule has 1 saturated heterocycles. The van der Waals surface area contributed by atoms with E-state index in [-0.39, 0.29) is 6.04 Å². The summed E-state index contributed by atoms with van der Waals surface area (Å²) in [7, 11) is 3.92. The van der Waals surface area contributed by atoms with Gasteiger partial charge in [0.2, 0.25) is 0 Å². The van der Waals surface area contributed by atoms with Crippen LogP contribution in [0.1, 0.15) is 0 Å². The zero-order valence-corrected chi connectivity index (χ0v) is 23.0. The van der Waals surface area contributed by atoms with Crippen LogP contribution in [0, 0.1) is 5.82 Å². The van der Waals surface area contributed by atoms with Gasteiger partial charge in [-0.15, -0.1) is 0 Å². The molecule has 5 aromatic heterocycles. The SMILES string of the molecule is CN(C)CCOc1cc(F)cc(-c2ccnc3[nH]c(-c4n[nH]c5cnc(-c6cncc(N7CC(N)C7)n6)cc45)nc23)c1. The molecule has 12 nitrogen and oxygen atoms in total. The van der Waals surface area contributed by atoms with E-state index in [1.54, 1.807) is 24.8 Å². The summed E-state index contributed by atoms with van der Waals surface area (Å²) >= 11 is 0. The molecule has 6 aromatic rings. The number of hydrogen-bond acceptors (Lipinski definition) is 10. The fourth-order valence-electron chi connectivity index (χ4n) is 4.97. The van der Waals surface area contributed by atoms with Crippen molar-refractivity contribution >= 4 is 27.9 Å². The normalized spacial score (nSPS) is 13.8. The Balaban J connectivity index is 1.24. The van der Waals surface area contributed by atoms with Crippen LogP contribution in [0.2, 0.25) is 0 Å². The number of imidazole rings is 1. The number of nitrogens with zero attached hydrogens (tertiary/aromatic N) is 8. The van der Waals surface area contributed by atoms with Gasteiger partial charge in [-0.25, -0.2) is 19.3 Å². The van der Waals surface area contributed by atoms with Gasteiger partial charge in [0.05, 0.1) is 29.8 Å². The van der Waals surface area contributed by atoms with Crippen LogP contribution in [0.3, 0.4) is 0 Å². The van der Waals surface area contributed by atoms with Crippen molar-refractivity contribution in [2.24, 2.45) is 5.73 Å². The molecule has 1 fully saturated rings. The number of nitrogens with one attached hydrogen (secondary N) is 2. The van der Waals surface area contributed by atoms with E-state index in [1.807, 2.05) is 37.2 Å². The number of benzene rings is 1. The number of likely N-dealkylation sites (N-methyl/N-ethyl adjacent to an activating group) is 1. The highest BCUT2D eigenvalue weighted by molar-refractivity contribution is 5.96. The third-order valence-electron chi connectivity index (χ3n) is 7.16. The van der Waals surface area contributed by atoms with E-state index in [9.17, 15) is 4.39 Å². The lowest BCUT2D eigenvalue weighted by Gasteiger charge is -2.37. The fourth-order valence-corrected chi connectivity index (χ4v) is 4.97. The third-order valence-corrected chi connectivity index (χ3v) is 7.16. The van der Waals surface area contributed by atoms with Crippen molar-refractivity contribution < 1.29 is 9.13 Å². The van der Waals surface area contributed by atoms with Crippen LogP contribution < -0.4 is 15.4 Å². The molecular weight excluding hydrogens is 537 g/mol. The molecule has 0 radical (unpaired) electrons. The van der Waals surface area contributed by atoms with Crippen molar-refractivity contribution in [2.45, 2.75) is 6.04 Å². The number of aromatic amines is 2. The highest BCUT2D eigenvalue weighted by Crippen LogP contribution is 2.33. The summed E-state index contributed by atoms with van der Waals surface area (Å²) in [6.45, 7) is 2.66. The Bertz CT molecular complexity index is 1910. The number of fused-ring (bicyclic) bond motifs is 2. The van der Waals surface area contributed by atoms with Crippen molar-refractivity contribution in [3.8, 4) is 39.8 Å². The first-order valence-corrected chi connectivity index (χ1v) is 13.5. The van der Waals surface area contributed by atoms with Crippen LogP contribution in [-0.4, -0.2) is 91.4 Å². The molecule has 4 N–H and O–H groups in total. The number of anilines is 1. The second-order valence-electron chi connectivity index (χ2n) is 10.6. The minimum absolute atomic E-state index is 0.154. The number of halogens is 1. The van der Waals surface area contributed by atoms with Crippen LogP contribution in [0.4, 0.5) is 10.2 Å². The molecule has 1 aliphatic heterocycles. The Morgan fingerprint density at radius 3 is 2.79 bits per heavy atom. The van der Waals surface area contributed by atoms with Gasteiger partial charge < -0.3 is 25.3 Å². The van der Waals surface area contributed by atoms with Crippen molar-refractivity contribution in [3.05, 3.63) is 60.9 Å². The lowest BCUT2D eigenvalue weighted by atomic mass is 10.1. The van der Waals surface area contributed by atoms with Crippen LogP contribution in [0.15, 0.2) is 55.1 Å². The van der Waals surface area contributed by atoms with Gasteiger partial charge in [0.25, 0.3) is 0 Å². The molecule has 0 saturated carbocycles. The first kappa shape index (κ1) is 25.9. The quantitative estimate of drug-likeness (QED) is 0.251. The molecule has 0 amide bonds. The van der Waals surface area contributed by atoms with E-state index < -0.39 is 5.82 Å². The minimum Gasteiger partial charge on any atom is -0.492 e. The van der Waals surface area contributed by atoms with Gasteiger partial charge in [-0.2, -0.15) is 5.10 Å². The number of rotatable bonds is 8. The molecule has 6 heterocycles. The largest absolute Gasteiger partial charge is 0.492 e. The Kier molecular flexibility index (Phi) is 6.44. The third kappa shape index (κ3) is 4.88. The molecule has 7 rings (SSSR count). The van der Waals surface area contributed by atoms with E-state index in [0.717, 1.165) is 35.4 Å². The lowest BCUT2D eigenvalue weighted by molar-refractivity contribution is 0.260. The molecule has 1 aliphatic rings. The zero-order valence-electron chi connectivity index (χ0n) is 23.0. The number of aromatic nitrogens is 8. The topological polar surface area (TPSA) is 151 Å². The standard InChI is InChI=1S/C29H28FN11O/c1-40(2)5-6-42-19-8-16(7-17(30)9-19)20-3-4-33-28-26(20)36-29(37-28)27-21-10-22(34-12-23(21)38-39-27)24-11-32-13-25(35-24)41-14-18(31)15-41/h3-4,7-13,18H,5-6,14-15,31H2,1-2H3,(H,38,39)(H,33,36,37). The average molecular weight is 566 g/mol. The Hall–Kier alpha value is -5.01. The summed E-state index contributed by atoms with van der Waals surface area (Å²) < 4.78 is 20.4. The molecule has 0 spiro atoms. The van der Waals surface area contributed by atoms with Crippen molar-refractivity contribution in [3.63, 3.8) is 0 Å². The van der Waals surface area contributed by atoms with E-state index in [2.05, 4.69) is 35.0 Å². The number of H-pyrrole nitrogens is 2. The highest BCUT2D eigenvalue weighted by atomic mass is 19.1. The van der Waals surface area contributed by atoms with Crippen LogP contribution in [0.5, 0.6) is 5.75 Å². The van der Waals surface area contributed by atoms with E-state index >= 15 is 0 Å². The van der Waals surface area contributed by atoms with E-state index in [1.165, 1.54) is 12.1 Å². The fraction of sp³-hybridized carbons (Fsp3) is 0.241. The lowest BCUT2D eigenvalue weighted by Crippen LogP contribution is -2.56. The second kappa shape index (κ2) is 10.4.